The summed E-state index contributed by atoms with van der Waals surface area (Å²) in [7, 11) is 1.67. The van der Waals surface area contributed by atoms with Crippen LogP contribution < -0.4 is 14.2 Å². The lowest BCUT2D eigenvalue weighted by Crippen LogP contribution is -2.33. The van der Waals surface area contributed by atoms with Gasteiger partial charge in [0.15, 0.2) is 11.5 Å². The molecule has 4 nitrogen and oxygen atoms in total. The number of rotatable bonds is 2. The molecule has 1 aromatic carbocycles. The van der Waals surface area contributed by atoms with Gasteiger partial charge in [-0.1, -0.05) is 6.92 Å². The van der Waals surface area contributed by atoms with E-state index >= 15 is 0 Å². The summed E-state index contributed by atoms with van der Waals surface area (Å²) in [6, 6.07) is 2.48. The minimum Gasteiger partial charge on any atom is -0.493 e. The molecule has 0 N–H and O–H groups in total. The molecule has 18 heavy (non-hydrogen) atoms. The van der Waals surface area contributed by atoms with Crippen LogP contribution in [0.2, 0.25) is 0 Å². The van der Waals surface area contributed by atoms with Crippen molar-refractivity contribution in [1.29, 1.82) is 0 Å². The Balaban J connectivity index is 2.14. The molecule has 0 saturated carbocycles. The summed E-state index contributed by atoms with van der Waals surface area (Å²) in [4.78, 5) is 2.46. The zero-order valence-electron chi connectivity index (χ0n) is 11.2. The Bertz CT molecular complexity index is 473. The van der Waals surface area contributed by atoms with Crippen molar-refractivity contribution < 1.29 is 14.2 Å². The normalized spacial score (nSPS) is 21.8. The maximum Gasteiger partial charge on any atom is 0.231 e. The lowest BCUT2D eigenvalue weighted by molar-refractivity contribution is 0.165. The summed E-state index contributed by atoms with van der Waals surface area (Å²) in [5, 5.41) is 0. The van der Waals surface area contributed by atoms with Gasteiger partial charge in [-0.25, -0.2) is 0 Å². The average Bonchev–Trinajstić information content (AvgIpc) is 2.87. The zero-order valence-corrected chi connectivity index (χ0v) is 11.2. The molecule has 98 valence electrons. The molecule has 0 bridgehead atoms. The van der Waals surface area contributed by atoms with E-state index in [1.807, 2.05) is 0 Å². The third kappa shape index (κ3) is 1.56. The number of hydrogen-bond donors (Lipinski definition) is 0. The number of ether oxygens (including phenoxy) is 3. The predicted octanol–water partition coefficient (Wildman–Crippen LogP) is 2.36. The third-order valence-electron chi connectivity index (χ3n) is 3.99. The van der Waals surface area contributed by atoms with E-state index in [1.54, 1.807) is 7.11 Å². The standard InChI is InChI=1S/C14H19NO3/c1-4-15-6-5-10-7-11(16-3)13-14(18-8-17-13)12(10)9(15)2/h7,9H,4-6,8H2,1-3H3/t9-/m0/s1. The van der Waals surface area contributed by atoms with Gasteiger partial charge in [0, 0.05) is 18.2 Å². The topological polar surface area (TPSA) is 30.9 Å². The molecular weight excluding hydrogens is 230 g/mol. The van der Waals surface area contributed by atoms with E-state index in [-0.39, 0.29) is 0 Å². The average molecular weight is 249 g/mol. The van der Waals surface area contributed by atoms with Gasteiger partial charge in [-0.3, -0.25) is 4.90 Å². The van der Waals surface area contributed by atoms with Crippen molar-refractivity contribution >= 4 is 0 Å². The summed E-state index contributed by atoms with van der Waals surface area (Å²) in [6.07, 6.45) is 1.04. The quantitative estimate of drug-likeness (QED) is 0.805. The Kier molecular flexibility index (Phi) is 2.82. The molecule has 4 heteroatoms. The first kappa shape index (κ1) is 11.7. The van der Waals surface area contributed by atoms with Crippen LogP contribution in [0.4, 0.5) is 0 Å². The van der Waals surface area contributed by atoms with E-state index in [4.69, 9.17) is 14.2 Å². The van der Waals surface area contributed by atoms with Gasteiger partial charge in [0.05, 0.1) is 7.11 Å². The third-order valence-corrected chi connectivity index (χ3v) is 3.99. The summed E-state index contributed by atoms with van der Waals surface area (Å²) in [5.41, 5.74) is 2.60. The van der Waals surface area contributed by atoms with Crippen molar-refractivity contribution in [2.75, 3.05) is 27.0 Å². The summed E-state index contributed by atoms with van der Waals surface area (Å²) in [5.74, 6) is 2.44. The number of methoxy groups -OCH3 is 1. The Labute approximate surface area is 107 Å². The minimum absolute atomic E-state index is 0.293. The summed E-state index contributed by atoms with van der Waals surface area (Å²) < 4.78 is 16.6. The Morgan fingerprint density at radius 2 is 2.17 bits per heavy atom. The van der Waals surface area contributed by atoms with Crippen LogP contribution in [0.25, 0.3) is 0 Å². The molecule has 2 heterocycles. The first-order valence-electron chi connectivity index (χ1n) is 6.49. The number of likely N-dealkylation sites (N-methyl/N-ethyl adjacent to an activating group) is 1. The van der Waals surface area contributed by atoms with Crippen LogP contribution in [0.1, 0.15) is 31.0 Å². The maximum absolute atomic E-state index is 5.67. The van der Waals surface area contributed by atoms with Gasteiger partial charge in [0.25, 0.3) is 0 Å². The van der Waals surface area contributed by atoms with Crippen LogP contribution in [0.15, 0.2) is 6.07 Å². The highest BCUT2D eigenvalue weighted by molar-refractivity contribution is 5.61. The first-order chi connectivity index (χ1) is 8.76. The molecule has 0 saturated heterocycles. The fraction of sp³-hybridized carbons (Fsp3) is 0.571. The smallest absolute Gasteiger partial charge is 0.231 e. The van der Waals surface area contributed by atoms with Gasteiger partial charge in [0.1, 0.15) is 0 Å². The summed E-state index contributed by atoms with van der Waals surface area (Å²) in [6.45, 7) is 6.87. The lowest BCUT2D eigenvalue weighted by Gasteiger charge is -2.35. The highest BCUT2D eigenvalue weighted by Gasteiger charge is 2.32. The van der Waals surface area contributed by atoms with Crippen LogP contribution in [0.5, 0.6) is 17.2 Å². The molecule has 2 aliphatic rings. The predicted molar refractivity (Wildman–Crippen MR) is 68.5 cm³/mol. The molecule has 1 aromatic rings. The molecule has 0 spiro atoms. The minimum atomic E-state index is 0.293. The molecule has 1 atom stereocenters. The first-order valence-corrected chi connectivity index (χ1v) is 6.49. The van der Waals surface area contributed by atoms with Crippen LogP contribution in [-0.2, 0) is 6.42 Å². The van der Waals surface area contributed by atoms with Crippen molar-refractivity contribution in [3.8, 4) is 17.2 Å². The van der Waals surface area contributed by atoms with Crippen LogP contribution >= 0.6 is 0 Å². The fourth-order valence-corrected chi connectivity index (χ4v) is 3.00. The van der Waals surface area contributed by atoms with Gasteiger partial charge < -0.3 is 14.2 Å². The number of benzene rings is 1. The Morgan fingerprint density at radius 3 is 2.89 bits per heavy atom. The monoisotopic (exact) mass is 249 g/mol. The lowest BCUT2D eigenvalue weighted by atomic mass is 9.92. The van der Waals surface area contributed by atoms with E-state index in [9.17, 15) is 0 Å². The molecule has 2 aliphatic heterocycles. The van der Waals surface area contributed by atoms with E-state index < -0.39 is 0 Å². The Morgan fingerprint density at radius 1 is 1.39 bits per heavy atom. The second kappa shape index (κ2) is 4.35. The van der Waals surface area contributed by atoms with Crippen molar-refractivity contribution in [3.63, 3.8) is 0 Å². The zero-order chi connectivity index (χ0) is 12.7. The van der Waals surface area contributed by atoms with E-state index in [0.717, 1.165) is 36.8 Å². The largest absolute Gasteiger partial charge is 0.493 e. The number of hydrogen-bond acceptors (Lipinski definition) is 4. The second-order valence-electron chi connectivity index (χ2n) is 4.77. The van der Waals surface area contributed by atoms with Crippen molar-refractivity contribution in [2.24, 2.45) is 0 Å². The molecule has 3 rings (SSSR count). The van der Waals surface area contributed by atoms with Crippen LogP contribution in [-0.4, -0.2) is 31.9 Å². The Hall–Kier alpha value is -1.42. The molecule has 0 aromatic heterocycles. The summed E-state index contributed by atoms with van der Waals surface area (Å²) >= 11 is 0. The molecule has 0 aliphatic carbocycles. The van der Waals surface area contributed by atoms with Crippen molar-refractivity contribution in [1.82, 2.24) is 4.90 Å². The molecule has 0 unspecified atom stereocenters. The van der Waals surface area contributed by atoms with E-state index in [0.29, 0.717) is 12.8 Å². The van der Waals surface area contributed by atoms with Crippen LogP contribution in [0, 0.1) is 0 Å². The highest BCUT2D eigenvalue weighted by atomic mass is 16.7. The number of fused-ring (bicyclic) bond motifs is 3. The van der Waals surface area contributed by atoms with E-state index in [1.165, 1.54) is 11.1 Å². The van der Waals surface area contributed by atoms with E-state index in [2.05, 4.69) is 24.8 Å². The maximum atomic E-state index is 5.67. The van der Waals surface area contributed by atoms with Crippen molar-refractivity contribution in [3.05, 3.63) is 17.2 Å². The molecular formula is C14H19NO3. The van der Waals surface area contributed by atoms with Gasteiger partial charge in [-0.05, 0) is 31.5 Å². The van der Waals surface area contributed by atoms with Crippen LogP contribution in [0.3, 0.4) is 0 Å². The molecule has 0 amide bonds. The van der Waals surface area contributed by atoms with Gasteiger partial charge in [-0.15, -0.1) is 0 Å². The van der Waals surface area contributed by atoms with Gasteiger partial charge in [-0.2, -0.15) is 0 Å². The van der Waals surface area contributed by atoms with Gasteiger partial charge >= 0.3 is 0 Å². The SMILES string of the molecule is CCN1CCc2cc(OC)c3c(c2[C@@H]1C)OCO3. The number of nitrogens with zero attached hydrogens (tertiary/aromatic N) is 1. The molecule has 0 fully saturated rings. The van der Waals surface area contributed by atoms with Gasteiger partial charge in [0.2, 0.25) is 12.5 Å². The molecule has 0 radical (unpaired) electrons. The second-order valence-corrected chi connectivity index (χ2v) is 4.77. The fourth-order valence-electron chi connectivity index (χ4n) is 3.00. The highest BCUT2D eigenvalue weighted by Crippen LogP contribution is 2.49. The van der Waals surface area contributed by atoms with Crippen molar-refractivity contribution in [2.45, 2.75) is 26.3 Å².